The van der Waals surface area contributed by atoms with Crippen LogP contribution >= 0.6 is 0 Å². The Kier molecular flexibility index (Phi) is 9.55. The second-order valence-corrected chi connectivity index (χ2v) is 8.75. The van der Waals surface area contributed by atoms with Crippen molar-refractivity contribution in [3.8, 4) is 0 Å². The third-order valence-electron chi connectivity index (χ3n) is 5.81. The average Bonchev–Trinajstić information content (AvgIpc) is 2.97. The van der Waals surface area contributed by atoms with Gasteiger partial charge in [0, 0.05) is 17.8 Å². The van der Waals surface area contributed by atoms with Crippen LogP contribution in [0.25, 0.3) is 0 Å². The molecule has 0 radical (unpaired) electrons. The maximum atomic E-state index is 13.8. The third kappa shape index (κ3) is 7.97. The molecule has 4 aromatic rings. The number of carbonyl (C=O) groups is 3. The second-order valence-electron chi connectivity index (χ2n) is 8.75. The van der Waals surface area contributed by atoms with E-state index in [1.807, 2.05) is 36.4 Å². The van der Waals surface area contributed by atoms with Gasteiger partial charge in [0.15, 0.2) is 0 Å². The minimum Gasteiger partial charge on any atom is -0.457 e. The number of anilines is 1. The van der Waals surface area contributed by atoms with E-state index in [9.17, 15) is 23.2 Å². The lowest BCUT2D eigenvalue weighted by molar-refractivity contribution is 0.0470. The fraction of sp³-hybridized carbons (Fsp3) is 0.129. The topological polar surface area (TPSA) is 93.7 Å². The Hall–Kier alpha value is -5.05. The summed E-state index contributed by atoms with van der Waals surface area (Å²) in [5, 5.41) is 5.05. The molecule has 0 saturated carbocycles. The minimum absolute atomic E-state index is 0.0121. The lowest BCUT2D eigenvalue weighted by Gasteiger charge is -2.12. The van der Waals surface area contributed by atoms with Crippen molar-refractivity contribution in [2.75, 3.05) is 11.9 Å². The summed E-state index contributed by atoms with van der Waals surface area (Å²) >= 11 is 0. The molecule has 0 saturated heterocycles. The van der Waals surface area contributed by atoms with E-state index in [-0.39, 0.29) is 48.6 Å². The number of nitrogens with one attached hydrogen (secondary N) is 2. The van der Waals surface area contributed by atoms with Crippen molar-refractivity contribution in [2.45, 2.75) is 19.6 Å². The van der Waals surface area contributed by atoms with Crippen molar-refractivity contribution in [1.82, 2.24) is 5.32 Å². The second kappa shape index (κ2) is 13.7. The van der Waals surface area contributed by atoms with Crippen molar-refractivity contribution in [1.29, 1.82) is 0 Å². The Morgan fingerprint density at radius 1 is 0.650 bits per heavy atom. The van der Waals surface area contributed by atoms with Crippen LogP contribution in [0.2, 0.25) is 0 Å². The van der Waals surface area contributed by atoms with Crippen LogP contribution in [0.1, 0.15) is 37.4 Å². The molecule has 9 heteroatoms. The van der Waals surface area contributed by atoms with Gasteiger partial charge < -0.3 is 20.1 Å². The van der Waals surface area contributed by atoms with E-state index in [2.05, 4.69) is 10.6 Å². The van der Waals surface area contributed by atoms with Gasteiger partial charge in [-0.2, -0.15) is 0 Å². The number of halogens is 2. The highest BCUT2D eigenvalue weighted by Crippen LogP contribution is 2.19. The van der Waals surface area contributed by atoms with Gasteiger partial charge in [-0.3, -0.25) is 0 Å². The predicted octanol–water partition coefficient (Wildman–Crippen LogP) is 6.04. The molecule has 0 fully saturated rings. The number of urea groups is 1. The Morgan fingerprint density at radius 2 is 1.15 bits per heavy atom. The first-order valence-electron chi connectivity index (χ1n) is 12.4. The van der Waals surface area contributed by atoms with E-state index in [4.69, 9.17) is 9.47 Å². The van der Waals surface area contributed by atoms with E-state index in [0.29, 0.717) is 0 Å². The summed E-state index contributed by atoms with van der Waals surface area (Å²) < 4.78 is 38.5. The molecule has 7 nitrogen and oxygen atoms in total. The normalized spacial score (nSPS) is 10.4. The lowest BCUT2D eigenvalue weighted by Crippen LogP contribution is -2.31. The molecule has 0 aliphatic rings. The molecule has 0 unspecified atom stereocenters. The van der Waals surface area contributed by atoms with Gasteiger partial charge in [0.05, 0.1) is 11.1 Å². The van der Waals surface area contributed by atoms with Crippen LogP contribution < -0.4 is 10.6 Å². The Bertz CT molecular complexity index is 1390. The van der Waals surface area contributed by atoms with Crippen LogP contribution in [0.5, 0.6) is 0 Å². The highest BCUT2D eigenvalue weighted by atomic mass is 19.1. The quantitative estimate of drug-likeness (QED) is 0.237. The Morgan fingerprint density at radius 3 is 1.65 bits per heavy atom. The molecule has 204 valence electrons. The summed E-state index contributed by atoms with van der Waals surface area (Å²) in [5.74, 6) is -2.83. The van der Waals surface area contributed by atoms with Crippen molar-refractivity contribution < 1.29 is 32.6 Å². The fourth-order valence-electron chi connectivity index (χ4n) is 3.80. The molecule has 0 atom stereocenters. The molecule has 4 aromatic carbocycles. The third-order valence-corrected chi connectivity index (χ3v) is 5.81. The highest BCUT2D eigenvalue weighted by Gasteiger charge is 2.17. The lowest BCUT2D eigenvalue weighted by atomic mass is 10.1. The number of carbonyl (C=O) groups excluding carboxylic acids is 3. The summed E-state index contributed by atoms with van der Waals surface area (Å²) in [5.41, 5.74) is 1.57. The van der Waals surface area contributed by atoms with Crippen molar-refractivity contribution in [3.05, 3.63) is 137 Å². The van der Waals surface area contributed by atoms with Crippen LogP contribution in [-0.2, 0) is 29.1 Å². The SMILES string of the molecule is O=C(NCCc1c(F)cccc1F)Nc1cc(C(=O)OCc2ccccc2)cc(C(=O)OCc2ccccc2)c1. The van der Waals surface area contributed by atoms with Crippen LogP contribution in [0.3, 0.4) is 0 Å². The first-order valence-corrected chi connectivity index (χ1v) is 12.4. The van der Waals surface area contributed by atoms with Gasteiger partial charge >= 0.3 is 18.0 Å². The van der Waals surface area contributed by atoms with E-state index < -0.39 is 29.6 Å². The number of amides is 2. The smallest absolute Gasteiger partial charge is 0.338 e. The monoisotopic (exact) mass is 544 g/mol. The first kappa shape index (κ1) is 28.0. The van der Waals surface area contributed by atoms with Gasteiger partial charge in [-0.25, -0.2) is 23.2 Å². The Labute approximate surface area is 229 Å². The summed E-state index contributed by atoms with van der Waals surface area (Å²) in [6.07, 6.45) is -0.0746. The molecule has 0 aliphatic heterocycles. The van der Waals surface area contributed by atoms with Crippen LogP contribution in [0.15, 0.2) is 97.1 Å². The van der Waals surface area contributed by atoms with Crippen molar-refractivity contribution in [3.63, 3.8) is 0 Å². The van der Waals surface area contributed by atoms with Gasteiger partial charge in [-0.1, -0.05) is 66.7 Å². The molecule has 40 heavy (non-hydrogen) atoms. The molecule has 0 bridgehead atoms. The standard InChI is InChI=1S/C31H26F2N2O5/c32-27-12-7-13-28(33)26(27)14-15-34-31(38)35-25-17-23(29(36)39-19-21-8-3-1-4-9-21)16-24(18-25)30(37)40-20-22-10-5-2-6-11-22/h1-13,16-18H,14-15,19-20H2,(H2,34,35,38). The number of hydrogen-bond acceptors (Lipinski definition) is 5. The zero-order chi connectivity index (χ0) is 28.3. The van der Waals surface area contributed by atoms with Crippen LogP contribution in [-0.4, -0.2) is 24.5 Å². The molecular formula is C31H26F2N2O5. The van der Waals surface area contributed by atoms with E-state index in [1.165, 1.54) is 24.3 Å². The van der Waals surface area contributed by atoms with Crippen molar-refractivity contribution >= 4 is 23.7 Å². The predicted molar refractivity (Wildman–Crippen MR) is 145 cm³/mol. The summed E-state index contributed by atoms with van der Waals surface area (Å²) in [6.45, 7) is -0.0368. The van der Waals surface area contributed by atoms with Gasteiger partial charge in [0.2, 0.25) is 0 Å². The molecule has 0 aliphatic carbocycles. The molecule has 0 heterocycles. The van der Waals surface area contributed by atoms with Crippen LogP contribution in [0, 0.1) is 11.6 Å². The maximum Gasteiger partial charge on any atom is 0.338 e. The Balaban J connectivity index is 1.45. The number of hydrogen-bond donors (Lipinski definition) is 2. The first-order chi connectivity index (χ1) is 19.4. The number of ether oxygens (including phenoxy) is 2. The summed E-state index contributed by atoms with van der Waals surface area (Å²) in [4.78, 5) is 38.2. The zero-order valence-electron chi connectivity index (χ0n) is 21.4. The largest absolute Gasteiger partial charge is 0.457 e. The number of rotatable bonds is 10. The zero-order valence-corrected chi connectivity index (χ0v) is 21.4. The molecule has 0 aromatic heterocycles. The summed E-state index contributed by atoms with van der Waals surface area (Å²) in [6, 6.07) is 25.0. The molecule has 2 N–H and O–H groups in total. The molecule has 2 amide bonds. The van der Waals surface area contributed by atoms with Crippen molar-refractivity contribution in [2.24, 2.45) is 0 Å². The maximum absolute atomic E-state index is 13.8. The molecule has 0 spiro atoms. The minimum atomic E-state index is -0.708. The average molecular weight is 545 g/mol. The fourth-order valence-corrected chi connectivity index (χ4v) is 3.80. The van der Waals surface area contributed by atoms with Gasteiger partial charge in [0.1, 0.15) is 24.8 Å². The summed E-state index contributed by atoms with van der Waals surface area (Å²) in [7, 11) is 0. The van der Waals surface area contributed by atoms with E-state index in [0.717, 1.165) is 23.3 Å². The van der Waals surface area contributed by atoms with E-state index in [1.54, 1.807) is 24.3 Å². The molecular weight excluding hydrogens is 518 g/mol. The highest BCUT2D eigenvalue weighted by molar-refractivity contribution is 5.99. The van der Waals surface area contributed by atoms with Crippen LogP contribution in [0.4, 0.5) is 19.3 Å². The van der Waals surface area contributed by atoms with Gasteiger partial charge in [-0.05, 0) is 47.9 Å². The number of benzene rings is 4. The number of esters is 2. The van der Waals surface area contributed by atoms with Gasteiger partial charge in [0.25, 0.3) is 0 Å². The van der Waals surface area contributed by atoms with Gasteiger partial charge in [-0.15, -0.1) is 0 Å². The molecule has 4 rings (SSSR count). The van der Waals surface area contributed by atoms with E-state index >= 15 is 0 Å².